The van der Waals surface area contributed by atoms with E-state index in [-0.39, 0.29) is 5.41 Å². The summed E-state index contributed by atoms with van der Waals surface area (Å²) in [5.41, 5.74) is -0.213. The SMILES string of the molecule is C[C@@H]1O[C@H]1CC(C)(C)C#N. The van der Waals surface area contributed by atoms with Crippen LogP contribution < -0.4 is 0 Å². The van der Waals surface area contributed by atoms with E-state index in [1.54, 1.807) is 0 Å². The number of rotatable bonds is 2. The highest BCUT2D eigenvalue weighted by molar-refractivity contribution is 4.97. The van der Waals surface area contributed by atoms with Gasteiger partial charge in [-0.25, -0.2) is 0 Å². The summed E-state index contributed by atoms with van der Waals surface area (Å²) in [5, 5.41) is 8.65. The van der Waals surface area contributed by atoms with Gasteiger partial charge in [0.25, 0.3) is 0 Å². The lowest BCUT2D eigenvalue weighted by molar-refractivity contribution is 0.324. The molecule has 0 aliphatic carbocycles. The molecule has 1 saturated heterocycles. The van der Waals surface area contributed by atoms with Crippen molar-refractivity contribution in [2.75, 3.05) is 0 Å². The van der Waals surface area contributed by atoms with Crippen molar-refractivity contribution < 1.29 is 4.74 Å². The maximum Gasteiger partial charge on any atom is 0.0854 e. The summed E-state index contributed by atoms with van der Waals surface area (Å²) in [6, 6.07) is 2.25. The third-order valence-electron chi connectivity index (χ3n) is 1.85. The maximum atomic E-state index is 8.65. The zero-order chi connectivity index (χ0) is 7.78. The Bertz CT molecular complexity index is 169. The number of epoxide rings is 1. The first-order valence-corrected chi connectivity index (χ1v) is 3.62. The summed E-state index contributed by atoms with van der Waals surface area (Å²) < 4.78 is 5.20. The molecule has 0 amide bonds. The third-order valence-corrected chi connectivity index (χ3v) is 1.85. The van der Waals surface area contributed by atoms with Crippen molar-refractivity contribution in [2.24, 2.45) is 5.41 Å². The number of hydrogen-bond acceptors (Lipinski definition) is 2. The molecule has 1 fully saturated rings. The van der Waals surface area contributed by atoms with E-state index in [1.165, 1.54) is 0 Å². The molecule has 0 radical (unpaired) electrons. The van der Waals surface area contributed by atoms with Crippen LogP contribution in [0.2, 0.25) is 0 Å². The lowest BCUT2D eigenvalue weighted by Crippen LogP contribution is -2.11. The summed E-state index contributed by atoms with van der Waals surface area (Å²) in [4.78, 5) is 0. The molecule has 1 heterocycles. The van der Waals surface area contributed by atoms with Crippen molar-refractivity contribution >= 4 is 0 Å². The Morgan fingerprint density at radius 3 is 2.40 bits per heavy atom. The van der Waals surface area contributed by atoms with E-state index in [0.717, 1.165) is 6.42 Å². The second kappa shape index (κ2) is 2.25. The molecule has 10 heavy (non-hydrogen) atoms. The van der Waals surface area contributed by atoms with Gasteiger partial charge in [0.2, 0.25) is 0 Å². The van der Waals surface area contributed by atoms with Gasteiger partial charge in [-0.1, -0.05) is 0 Å². The van der Waals surface area contributed by atoms with Crippen LogP contribution >= 0.6 is 0 Å². The van der Waals surface area contributed by atoms with Crippen molar-refractivity contribution in [2.45, 2.75) is 39.4 Å². The molecule has 1 rings (SSSR count). The standard InChI is InChI=1S/C8H13NO/c1-6-7(10-6)4-8(2,3)5-9/h6-7H,4H2,1-3H3/t6-,7-/m0/s1. The fraction of sp³-hybridized carbons (Fsp3) is 0.875. The molecule has 0 spiro atoms. The Morgan fingerprint density at radius 1 is 1.60 bits per heavy atom. The van der Waals surface area contributed by atoms with Crippen LogP contribution in [-0.2, 0) is 4.74 Å². The van der Waals surface area contributed by atoms with Gasteiger partial charge in [0.05, 0.1) is 23.7 Å². The molecular formula is C8H13NO. The van der Waals surface area contributed by atoms with Crippen LogP contribution in [0.4, 0.5) is 0 Å². The van der Waals surface area contributed by atoms with E-state index >= 15 is 0 Å². The fourth-order valence-corrected chi connectivity index (χ4v) is 0.993. The van der Waals surface area contributed by atoms with Crippen LogP contribution in [-0.4, -0.2) is 12.2 Å². The molecule has 2 heteroatoms. The summed E-state index contributed by atoms with van der Waals surface area (Å²) in [6.07, 6.45) is 1.59. The Hall–Kier alpha value is -0.550. The monoisotopic (exact) mass is 139 g/mol. The van der Waals surface area contributed by atoms with E-state index in [9.17, 15) is 0 Å². The second-order valence-electron chi connectivity index (χ2n) is 3.58. The largest absolute Gasteiger partial charge is 0.370 e. The number of hydrogen-bond donors (Lipinski definition) is 0. The Balaban J connectivity index is 2.33. The van der Waals surface area contributed by atoms with Gasteiger partial charge >= 0.3 is 0 Å². The molecule has 1 aliphatic heterocycles. The van der Waals surface area contributed by atoms with Gasteiger partial charge in [-0.2, -0.15) is 5.26 Å². The third kappa shape index (κ3) is 1.71. The summed E-state index contributed by atoms with van der Waals surface area (Å²) in [7, 11) is 0. The highest BCUT2D eigenvalue weighted by Crippen LogP contribution is 2.33. The second-order valence-corrected chi connectivity index (χ2v) is 3.58. The average molecular weight is 139 g/mol. The van der Waals surface area contributed by atoms with E-state index in [1.807, 2.05) is 20.8 Å². The van der Waals surface area contributed by atoms with E-state index in [4.69, 9.17) is 10.00 Å². The molecule has 0 aromatic carbocycles. The van der Waals surface area contributed by atoms with E-state index < -0.39 is 0 Å². The molecule has 56 valence electrons. The molecule has 0 aromatic heterocycles. The minimum atomic E-state index is -0.213. The zero-order valence-electron chi connectivity index (χ0n) is 6.72. The topological polar surface area (TPSA) is 36.3 Å². The van der Waals surface area contributed by atoms with Crippen molar-refractivity contribution in [3.63, 3.8) is 0 Å². The first-order chi connectivity index (χ1) is 4.55. The molecule has 1 aliphatic rings. The number of ether oxygens (including phenoxy) is 1. The fourth-order valence-electron chi connectivity index (χ4n) is 0.993. The van der Waals surface area contributed by atoms with Gasteiger partial charge in [-0.3, -0.25) is 0 Å². The van der Waals surface area contributed by atoms with Crippen LogP contribution in [0.5, 0.6) is 0 Å². The molecule has 2 nitrogen and oxygen atoms in total. The molecule has 2 atom stereocenters. The lowest BCUT2D eigenvalue weighted by Gasteiger charge is -2.11. The van der Waals surface area contributed by atoms with Crippen LogP contribution in [0, 0.1) is 16.7 Å². The smallest absolute Gasteiger partial charge is 0.0854 e. The molecule has 0 unspecified atom stereocenters. The summed E-state index contributed by atoms with van der Waals surface area (Å²) >= 11 is 0. The first kappa shape index (κ1) is 7.56. The molecule has 0 aromatic rings. The maximum absolute atomic E-state index is 8.65. The van der Waals surface area contributed by atoms with Crippen LogP contribution in [0.15, 0.2) is 0 Å². The van der Waals surface area contributed by atoms with Crippen molar-refractivity contribution in [1.82, 2.24) is 0 Å². The first-order valence-electron chi connectivity index (χ1n) is 3.62. The van der Waals surface area contributed by atoms with Gasteiger partial charge in [-0.15, -0.1) is 0 Å². The van der Waals surface area contributed by atoms with Crippen molar-refractivity contribution in [3.8, 4) is 6.07 Å². The molecule has 0 N–H and O–H groups in total. The van der Waals surface area contributed by atoms with Crippen LogP contribution in [0.1, 0.15) is 27.2 Å². The predicted octanol–water partition coefficient (Wildman–Crippen LogP) is 1.71. The Kier molecular flexibility index (Phi) is 1.70. The highest BCUT2D eigenvalue weighted by atomic mass is 16.6. The van der Waals surface area contributed by atoms with Crippen LogP contribution in [0.3, 0.4) is 0 Å². The average Bonchev–Trinajstić information content (AvgIpc) is 2.46. The quantitative estimate of drug-likeness (QED) is 0.546. The normalized spacial score (nSPS) is 31.4. The Labute approximate surface area is 61.8 Å². The minimum Gasteiger partial charge on any atom is -0.370 e. The van der Waals surface area contributed by atoms with E-state index in [0.29, 0.717) is 12.2 Å². The molecular weight excluding hydrogens is 126 g/mol. The van der Waals surface area contributed by atoms with Gasteiger partial charge in [0, 0.05) is 0 Å². The minimum absolute atomic E-state index is 0.213. The van der Waals surface area contributed by atoms with Crippen LogP contribution in [0.25, 0.3) is 0 Å². The zero-order valence-corrected chi connectivity index (χ0v) is 6.72. The molecule has 0 saturated carbocycles. The van der Waals surface area contributed by atoms with Crippen molar-refractivity contribution in [1.29, 1.82) is 5.26 Å². The lowest BCUT2D eigenvalue weighted by atomic mass is 9.89. The van der Waals surface area contributed by atoms with E-state index in [2.05, 4.69) is 6.07 Å². The number of nitrogens with zero attached hydrogens (tertiary/aromatic N) is 1. The van der Waals surface area contributed by atoms with Gasteiger partial charge in [0.15, 0.2) is 0 Å². The summed E-state index contributed by atoms with van der Waals surface area (Å²) in [6.45, 7) is 5.93. The molecule has 0 bridgehead atoms. The predicted molar refractivity (Wildman–Crippen MR) is 38.3 cm³/mol. The number of nitriles is 1. The Morgan fingerprint density at radius 2 is 2.10 bits per heavy atom. The van der Waals surface area contributed by atoms with Gasteiger partial charge in [0.1, 0.15) is 0 Å². The summed E-state index contributed by atoms with van der Waals surface area (Å²) in [5.74, 6) is 0. The van der Waals surface area contributed by atoms with Crippen molar-refractivity contribution in [3.05, 3.63) is 0 Å². The van der Waals surface area contributed by atoms with Gasteiger partial charge < -0.3 is 4.74 Å². The van der Waals surface area contributed by atoms with Gasteiger partial charge in [-0.05, 0) is 27.2 Å². The highest BCUT2D eigenvalue weighted by Gasteiger charge is 2.38.